The van der Waals surface area contributed by atoms with Crippen molar-refractivity contribution in [3.63, 3.8) is 0 Å². The molecule has 0 saturated carbocycles. The first kappa shape index (κ1) is 40.5. The zero-order chi connectivity index (χ0) is 31.0. The van der Waals surface area contributed by atoms with Gasteiger partial charge in [0, 0.05) is 39.4 Å². The molecule has 2 amide bonds. The summed E-state index contributed by atoms with van der Waals surface area (Å²) in [6.45, 7) is 3.53. The van der Waals surface area contributed by atoms with E-state index in [1.807, 2.05) is 0 Å². The molecule has 4 unspecified atom stereocenters. The predicted octanol–water partition coefficient (Wildman–Crippen LogP) is -0.876. The normalized spacial score (nSPS) is 18.1. The molecule has 0 aromatic heterocycles. The summed E-state index contributed by atoms with van der Waals surface area (Å²) in [6.07, 6.45) is 3.33. The summed E-state index contributed by atoms with van der Waals surface area (Å²) in [6, 6.07) is 0. The van der Waals surface area contributed by atoms with Gasteiger partial charge in [0.25, 0.3) is 0 Å². The molecule has 2 heterocycles. The number of ether oxygens (including phenoxy) is 6. The molecule has 250 valence electrons. The molecular formula is C28H52N2O12Rf-2. The Kier molecular flexibility index (Phi) is 24.5. The number of piperidine rings is 2. The van der Waals surface area contributed by atoms with E-state index in [4.69, 9.17) is 18.9 Å². The summed E-state index contributed by atoms with van der Waals surface area (Å²) in [7, 11) is 6.29. The number of nitrogens with zero attached hydrogens (tertiary/aromatic N) is 2. The standard InChI is InChI=1S/2C14H26NO6.Rf/c2*1-19-7-12(16)8-20-9-13(17)10-21-11-14(18)15-5-3-2-4-6-15;/h2*12-13,16-17H,1-11H2;/q2*-1;. The van der Waals surface area contributed by atoms with Crippen molar-refractivity contribution in [3.8, 4) is 0 Å². The van der Waals surface area contributed by atoms with Gasteiger partial charge in [0.05, 0.1) is 51.8 Å². The minimum Gasteiger partial charge on any atom is -0.553 e. The molecule has 0 radical (unpaired) electrons. The Morgan fingerprint density at radius 1 is 0.512 bits per heavy atom. The van der Waals surface area contributed by atoms with Gasteiger partial charge in [0.1, 0.15) is 25.4 Å². The quantitative estimate of drug-likeness (QED) is 0.112. The second kappa shape index (κ2) is 26.0. The van der Waals surface area contributed by atoms with Gasteiger partial charge in [-0.3, -0.25) is 9.59 Å². The summed E-state index contributed by atoms with van der Waals surface area (Å²) in [5, 5.41) is 37.8. The van der Waals surface area contributed by atoms with E-state index >= 15 is 0 Å². The SMILES string of the molecule is [CH2-]OCC(O)COCC(O)COCC(=O)N1CCCCC1.[CH2-]OCC(O)COCC(O)COCC(=O)N1CCCCC1.[Rf]. The third-order valence-corrected chi connectivity index (χ3v) is 6.35. The van der Waals surface area contributed by atoms with Gasteiger partial charge < -0.3 is 58.6 Å². The van der Waals surface area contributed by atoms with Gasteiger partial charge in [-0.25, -0.2) is 14.2 Å². The van der Waals surface area contributed by atoms with Crippen LogP contribution >= 0.6 is 0 Å². The first-order valence-electron chi connectivity index (χ1n) is 14.6. The molecule has 2 fully saturated rings. The van der Waals surface area contributed by atoms with Crippen LogP contribution in [0, 0.1) is 14.2 Å². The van der Waals surface area contributed by atoms with Crippen LogP contribution in [0.3, 0.4) is 0 Å². The third kappa shape index (κ3) is 21.0. The van der Waals surface area contributed by atoms with Crippen LogP contribution < -0.4 is 0 Å². The van der Waals surface area contributed by atoms with Crippen LogP contribution in [0.2, 0.25) is 0 Å². The second-order valence-electron chi connectivity index (χ2n) is 10.3. The predicted molar refractivity (Wildman–Crippen MR) is 151 cm³/mol. The van der Waals surface area contributed by atoms with Crippen molar-refractivity contribution in [1.82, 2.24) is 9.80 Å². The number of rotatable bonds is 20. The van der Waals surface area contributed by atoms with Crippen LogP contribution in [0.5, 0.6) is 0 Å². The van der Waals surface area contributed by atoms with Crippen molar-refractivity contribution in [2.75, 3.05) is 92.2 Å². The van der Waals surface area contributed by atoms with Crippen molar-refractivity contribution in [1.29, 1.82) is 0 Å². The van der Waals surface area contributed by atoms with E-state index < -0.39 is 24.4 Å². The van der Waals surface area contributed by atoms with Crippen molar-refractivity contribution in [2.45, 2.75) is 62.9 Å². The Morgan fingerprint density at radius 2 is 0.791 bits per heavy atom. The molecule has 43 heavy (non-hydrogen) atoms. The van der Waals surface area contributed by atoms with Crippen LogP contribution in [0.25, 0.3) is 0 Å². The minimum atomic E-state index is -0.827. The Morgan fingerprint density at radius 3 is 1.09 bits per heavy atom. The number of hydrogen-bond donors (Lipinski definition) is 4. The van der Waals surface area contributed by atoms with Gasteiger partial charge >= 0.3 is 0 Å². The molecule has 4 atom stereocenters. The van der Waals surface area contributed by atoms with E-state index in [-0.39, 0.29) is 77.9 Å². The fraction of sp³-hybridized carbons (Fsp3) is 0.857. The Hall–Kier alpha value is -2.46. The molecule has 2 rings (SSSR count). The largest absolute Gasteiger partial charge is 0.553 e. The summed E-state index contributed by atoms with van der Waals surface area (Å²) in [5.41, 5.74) is 0. The van der Waals surface area contributed by atoms with E-state index in [9.17, 15) is 30.0 Å². The minimum absolute atomic E-state index is 0. The Bertz CT molecular complexity index is 628. The summed E-state index contributed by atoms with van der Waals surface area (Å²) in [5.74, 6) is -0.0725. The average molecular weight is 876 g/mol. The zero-order valence-electron chi connectivity index (χ0n) is 25.5. The molecule has 2 aliphatic rings. The number of aliphatic hydroxyl groups excluding tert-OH is 4. The van der Waals surface area contributed by atoms with Gasteiger partial charge in [0.15, 0.2) is 0 Å². The molecule has 0 aliphatic carbocycles. The van der Waals surface area contributed by atoms with Crippen molar-refractivity contribution in [3.05, 3.63) is 14.2 Å². The number of likely N-dealkylation sites (tertiary alicyclic amines) is 2. The number of carbonyl (C=O) groups excluding carboxylic acids is 2. The number of aliphatic hydroxyl groups is 4. The molecule has 14 nitrogen and oxygen atoms in total. The summed E-state index contributed by atoms with van der Waals surface area (Å²) < 4.78 is 29.6. The van der Waals surface area contributed by atoms with Crippen LogP contribution in [0.1, 0.15) is 38.5 Å². The maximum absolute atomic E-state index is 11.8. The van der Waals surface area contributed by atoms with E-state index in [0.717, 1.165) is 51.9 Å². The fourth-order valence-electron chi connectivity index (χ4n) is 4.18. The maximum atomic E-state index is 11.8. The third-order valence-electron chi connectivity index (χ3n) is 6.35. The van der Waals surface area contributed by atoms with Gasteiger partial charge in [-0.1, -0.05) is 0 Å². The smallest absolute Gasteiger partial charge is 0.248 e. The molecular weight excluding hydrogens is 823 g/mol. The van der Waals surface area contributed by atoms with Crippen molar-refractivity contribution < 1.29 is 58.4 Å². The van der Waals surface area contributed by atoms with E-state index in [0.29, 0.717) is 0 Å². The van der Waals surface area contributed by atoms with Gasteiger partial charge in [0.2, 0.25) is 11.8 Å². The van der Waals surface area contributed by atoms with Crippen molar-refractivity contribution in [2.24, 2.45) is 0 Å². The van der Waals surface area contributed by atoms with Crippen LogP contribution in [0.15, 0.2) is 0 Å². The fourth-order valence-corrected chi connectivity index (χ4v) is 4.18. The summed E-state index contributed by atoms with van der Waals surface area (Å²) >= 11 is 0. The topological polar surface area (TPSA) is 177 Å². The molecule has 2 aliphatic heterocycles. The van der Waals surface area contributed by atoms with Gasteiger partial charge in [-0.05, 0) is 38.5 Å². The van der Waals surface area contributed by atoms with Gasteiger partial charge in [-0.15, -0.1) is 0 Å². The molecule has 2 saturated heterocycles. The number of carbonyl (C=O) groups is 2. The number of amides is 2. The summed E-state index contributed by atoms with van der Waals surface area (Å²) in [4.78, 5) is 27.2. The van der Waals surface area contributed by atoms with Crippen LogP contribution in [-0.2, 0) is 38.0 Å². The molecule has 0 aromatic rings. The van der Waals surface area contributed by atoms with Crippen LogP contribution in [-0.4, -0.2) is 159 Å². The Labute approximate surface area is 249 Å². The molecule has 0 spiro atoms. The zero-order valence-corrected chi connectivity index (χ0v) is 31.9. The van der Waals surface area contributed by atoms with E-state index in [2.05, 4.69) is 23.7 Å². The Balaban J connectivity index is 0.000000802. The van der Waals surface area contributed by atoms with E-state index in [1.165, 1.54) is 12.8 Å². The van der Waals surface area contributed by atoms with Crippen LogP contribution in [0.4, 0.5) is 0 Å². The second-order valence-corrected chi connectivity index (χ2v) is 10.3. The molecule has 0 aromatic carbocycles. The maximum Gasteiger partial charge on any atom is 0.248 e. The molecule has 15 heteroatoms. The first-order chi connectivity index (χ1) is 20.3. The average Bonchev–Trinajstić information content (AvgIpc) is 2.98. The number of hydrogen-bond acceptors (Lipinski definition) is 12. The molecule has 0 bridgehead atoms. The monoisotopic (exact) mass is 875 g/mol. The first-order valence-corrected chi connectivity index (χ1v) is 14.6. The molecule has 4 N–H and O–H groups in total. The van der Waals surface area contributed by atoms with Crippen molar-refractivity contribution >= 4 is 11.8 Å². The van der Waals surface area contributed by atoms with E-state index in [1.54, 1.807) is 9.80 Å². The van der Waals surface area contributed by atoms with Gasteiger partial charge in [-0.2, -0.15) is 0 Å².